The number of nitrogens with one attached hydrogen (secondary N) is 1. The van der Waals surface area contributed by atoms with Crippen molar-refractivity contribution in [1.29, 1.82) is 0 Å². The molecule has 0 spiro atoms. The van der Waals surface area contributed by atoms with Crippen molar-refractivity contribution < 1.29 is 4.74 Å². The van der Waals surface area contributed by atoms with Gasteiger partial charge in [0.15, 0.2) is 0 Å². The van der Waals surface area contributed by atoms with Crippen LogP contribution in [0.4, 0.5) is 5.69 Å². The summed E-state index contributed by atoms with van der Waals surface area (Å²) in [4.78, 5) is 4.28. The summed E-state index contributed by atoms with van der Waals surface area (Å²) in [6.45, 7) is 4.94. The predicted octanol–water partition coefficient (Wildman–Crippen LogP) is 3.86. The number of anilines is 1. The Morgan fingerprint density at radius 3 is 2.56 bits per heavy atom. The summed E-state index contributed by atoms with van der Waals surface area (Å²) in [5.41, 5.74) is 1.11. The number of ether oxygens (including phenoxy) is 1. The lowest BCUT2D eigenvalue weighted by Gasteiger charge is -2.29. The van der Waals surface area contributed by atoms with Gasteiger partial charge in [0.1, 0.15) is 0 Å². The molecule has 0 unspecified atom stereocenters. The number of hydrogen-bond acceptors (Lipinski definition) is 3. The van der Waals surface area contributed by atoms with E-state index >= 15 is 0 Å². The number of aromatic nitrogens is 1. The molecular weight excluding hydrogens is 224 g/mol. The zero-order valence-corrected chi connectivity index (χ0v) is 11.5. The van der Waals surface area contributed by atoms with Gasteiger partial charge in [-0.15, -0.1) is 0 Å². The van der Waals surface area contributed by atoms with Crippen LogP contribution in [0.3, 0.4) is 0 Å². The third-order valence-corrected chi connectivity index (χ3v) is 3.82. The van der Waals surface area contributed by atoms with Crippen molar-refractivity contribution in [1.82, 2.24) is 4.98 Å². The summed E-state index contributed by atoms with van der Waals surface area (Å²) in [5, 5.41) is 3.58. The first-order chi connectivity index (χ1) is 8.81. The van der Waals surface area contributed by atoms with E-state index in [9.17, 15) is 0 Å². The standard InChI is InChI=1S/C15H24N2O/c1-3-12-5-7-13(8-6-12)17-14-9-10-15(16-11-14)18-4-2/h9-13,17H,3-8H2,1-2H3. The number of pyridine rings is 1. The minimum Gasteiger partial charge on any atom is -0.478 e. The number of rotatable bonds is 5. The van der Waals surface area contributed by atoms with E-state index in [1.54, 1.807) is 0 Å². The molecule has 0 amide bonds. The molecule has 0 radical (unpaired) electrons. The van der Waals surface area contributed by atoms with Crippen molar-refractivity contribution in [3.63, 3.8) is 0 Å². The predicted molar refractivity (Wildman–Crippen MR) is 75.1 cm³/mol. The summed E-state index contributed by atoms with van der Waals surface area (Å²) in [6, 6.07) is 4.61. The topological polar surface area (TPSA) is 34.1 Å². The quantitative estimate of drug-likeness (QED) is 0.859. The zero-order valence-electron chi connectivity index (χ0n) is 11.5. The van der Waals surface area contributed by atoms with E-state index in [-0.39, 0.29) is 0 Å². The molecule has 1 aromatic rings. The summed E-state index contributed by atoms with van der Waals surface area (Å²) in [7, 11) is 0. The molecule has 1 aliphatic rings. The summed E-state index contributed by atoms with van der Waals surface area (Å²) in [6.07, 6.45) is 8.49. The highest BCUT2D eigenvalue weighted by Crippen LogP contribution is 2.28. The molecule has 0 aromatic carbocycles. The Balaban J connectivity index is 1.82. The fraction of sp³-hybridized carbons (Fsp3) is 0.667. The maximum absolute atomic E-state index is 5.34. The molecule has 0 saturated heterocycles. The molecule has 2 rings (SSSR count). The van der Waals surface area contributed by atoms with Crippen LogP contribution < -0.4 is 10.1 Å². The Hall–Kier alpha value is -1.25. The van der Waals surface area contributed by atoms with E-state index in [2.05, 4.69) is 23.3 Å². The average molecular weight is 248 g/mol. The van der Waals surface area contributed by atoms with Gasteiger partial charge in [-0.2, -0.15) is 0 Å². The minimum atomic E-state index is 0.618. The molecule has 18 heavy (non-hydrogen) atoms. The van der Waals surface area contributed by atoms with Crippen molar-refractivity contribution in [3.8, 4) is 5.88 Å². The average Bonchev–Trinajstić information content (AvgIpc) is 2.42. The molecule has 1 heterocycles. The lowest BCUT2D eigenvalue weighted by atomic mass is 9.84. The Bertz CT molecular complexity index is 342. The van der Waals surface area contributed by atoms with Crippen LogP contribution in [0.1, 0.15) is 46.0 Å². The fourth-order valence-corrected chi connectivity index (χ4v) is 2.65. The summed E-state index contributed by atoms with van der Waals surface area (Å²) < 4.78 is 5.34. The molecule has 3 heteroatoms. The summed E-state index contributed by atoms with van der Waals surface area (Å²) in [5.74, 6) is 1.65. The van der Waals surface area contributed by atoms with E-state index in [0.717, 1.165) is 11.6 Å². The van der Waals surface area contributed by atoms with Gasteiger partial charge < -0.3 is 10.1 Å². The molecule has 1 aromatic heterocycles. The lowest BCUT2D eigenvalue weighted by Crippen LogP contribution is -2.25. The molecule has 1 saturated carbocycles. The Kier molecular flexibility index (Phi) is 4.85. The minimum absolute atomic E-state index is 0.618. The van der Waals surface area contributed by atoms with Crippen LogP contribution in [0.25, 0.3) is 0 Å². The van der Waals surface area contributed by atoms with Crippen LogP contribution in [0.5, 0.6) is 5.88 Å². The third kappa shape index (κ3) is 3.62. The Morgan fingerprint density at radius 1 is 1.22 bits per heavy atom. The molecule has 100 valence electrons. The number of nitrogens with zero attached hydrogens (tertiary/aromatic N) is 1. The highest BCUT2D eigenvalue weighted by atomic mass is 16.5. The van der Waals surface area contributed by atoms with E-state index in [1.165, 1.54) is 32.1 Å². The van der Waals surface area contributed by atoms with E-state index in [1.807, 2.05) is 19.2 Å². The first-order valence-corrected chi connectivity index (χ1v) is 7.17. The first-order valence-electron chi connectivity index (χ1n) is 7.17. The normalized spacial score (nSPS) is 23.7. The van der Waals surface area contributed by atoms with Gasteiger partial charge in [0.25, 0.3) is 0 Å². The lowest BCUT2D eigenvalue weighted by molar-refractivity contribution is 0.326. The second-order valence-electron chi connectivity index (χ2n) is 5.09. The van der Waals surface area contributed by atoms with E-state index < -0.39 is 0 Å². The van der Waals surface area contributed by atoms with Crippen LogP contribution in [0.15, 0.2) is 18.3 Å². The zero-order chi connectivity index (χ0) is 12.8. The van der Waals surface area contributed by atoms with Crippen molar-refractivity contribution in [2.45, 2.75) is 52.0 Å². The summed E-state index contributed by atoms with van der Waals surface area (Å²) >= 11 is 0. The molecule has 1 fully saturated rings. The third-order valence-electron chi connectivity index (χ3n) is 3.82. The van der Waals surface area contributed by atoms with Crippen LogP contribution >= 0.6 is 0 Å². The van der Waals surface area contributed by atoms with E-state index in [4.69, 9.17) is 4.74 Å². The molecule has 1 aliphatic carbocycles. The Morgan fingerprint density at radius 2 is 2.00 bits per heavy atom. The van der Waals surface area contributed by atoms with Gasteiger partial charge in [-0.1, -0.05) is 13.3 Å². The fourth-order valence-electron chi connectivity index (χ4n) is 2.65. The Labute approximate surface area is 110 Å². The van der Waals surface area contributed by atoms with Crippen LogP contribution in [-0.2, 0) is 0 Å². The second-order valence-corrected chi connectivity index (χ2v) is 5.09. The van der Waals surface area contributed by atoms with Gasteiger partial charge >= 0.3 is 0 Å². The molecule has 0 atom stereocenters. The van der Waals surface area contributed by atoms with Gasteiger partial charge in [0, 0.05) is 12.1 Å². The molecular formula is C15H24N2O. The van der Waals surface area contributed by atoms with E-state index in [0.29, 0.717) is 18.5 Å². The van der Waals surface area contributed by atoms with Crippen molar-refractivity contribution in [2.75, 3.05) is 11.9 Å². The first kappa shape index (κ1) is 13.2. The van der Waals surface area contributed by atoms with Crippen molar-refractivity contribution in [3.05, 3.63) is 18.3 Å². The van der Waals surface area contributed by atoms with Crippen LogP contribution in [0, 0.1) is 5.92 Å². The second kappa shape index (κ2) is 6.62. The highest BCUT2D eigenvalue weighted by molar-refractivity contribution is 5.43. The van der Waals surface area contributed by atoms with Gasteiger partial charge in [0.2, 0.25) is 5.88 Å². The van der Waals surface area contributed by atoms with Crippen molar-refractivity contribution in [2.24, 2.45) is 5.92 Å². The van der Waals surface area contributed by atoms with Crippen molar-refractivity contribution >= 4 is 5.69 Å². The van der Waals surface area contributed by atoms with Gasteiger partial charge in [-0.05, 0) is 44.6 Å². The molecule has 1 N–H and O–H groups in total. The largest absolute Gasteiger partial charge is 0.478 e. The maximum atomic E-state index is 5.34. The molecule has 0 bridgehead atoms. The van der Waals surface area contributed by atoms with Gasteiger partial charge in [-0.25, -0.2) is 4.98 Å². The monoisotopic (exact) mass is 248 g/mol. The molecule has 0 aliphatic heterocycles. The number of hydrogen-bond donors (Lipinski definition) is 1. The van der Waals surface area contributed by atoms with Gasteiger partial charge in [0.05, 0.1) is 18.5 Å². The molecule has 3 nitrogen and oxygen atoms in total. The SMILES string of the molecule is CCOc1ccc(NC2CCC(CC)CC2)cn1. The smallest absolute Gasteiger partial charge is 0.213 e. The van der Waals surface area contributed by atoms with Crippen LogP contribution in [0.2, 0.25) is 0 Å². The van der Waals surface area contributed by atoms with Crippen LogP contribution in [-0.4, -0.2) is 17.6 Å². The van der Waals surface area contributed by atoms with Gasteiger partial charge in [-0.3, -0.25) is 0 Å². The highest BCUT2D eigenvalue weighted by Gasteiger charge is 2.19. The maximum Gasteiger partial charge on any atom is 0.213 e.